The van der Waals surface area contributed by atoms with E-state index in [1.54, 1.807) is 0 Å². The van der Waals surface area contributed by atoms with E-state index in [4.69, 9.17) is 4.74 Å². The Morgan fingerprint density at radius 3 is 2.14 bits per heavy atom. The van der Waals surface area contributed by atoms with Crippen LogP contribution in [0.1, 0.15) is 6.92 Å². The first-order valence-corrected chi connectivity index (χ1v) is 5.41. The molecule has 0 aliphatic heterocycles. The lowest BCUT2D eigenvalue weighted by Crippen LogP contribution is -1.87. The van der Waals surface area contributed by atoms with Crippen LogP contribution >= 0.6 is 15.9 Å². The van der Waals surface area contributed by atoms with Gasteiger partial charge in [0.2, 0.25) is 0 Å². The van der Waals surface area contributed by atoms with Gasteiger partial charge in [-0.3, -0.25) is 0 Å². The van der Waals surface area contributed by atoms with Crippen molar-refractivity contribution in [1.29, 1.82) is 0 Å². The third-order valence-corrected chi connectivity index (χ3v) is 2.61. The molecule has 0 heterocycles. The first-order chi connectivity index (χ1) is 6.79. The van der Waals surface area contributed by atoms with E-state index in [0.717, 1.165) is 10.2 Å². The van der Waals surface area contributed by atoms with Crippen LogP contribution in [-0.2, 0) is 0 Å². The molecule has 0 radical (unpaired) electrons. The fraction of sp³-hybridized carbons (Fsp3) is 0.167. The molecule has 0 amide bonds. The Labute approximate surface area is 92.2 Å². The van der Waals surface area contributed by atoms with E-state index < -0.39 is 0 Å². The molecule has 2 aliphatic rings. The van der Waals surface area contributed by atoms with Crippen molar-refractivity contribution in [3.63, 3.8) is 0 Å². The maximum absolute atomic E-state index is 5.44. The summed E-state index contributed by atoms with van der Waals surface area (Å²) in [6.07, 6.45) is 0. The van der Waals surface area contributed by atoms with Gasteiger partial charge in [-0.05, 0) is 42.3 Å². The molecule has 2 rings (SSSR count). The highest BCUT2D eigenvalue weighted by atomic mass is 79.9. The summed E-state index contributed by atoms with van der Waals surface area (Å²) < 4.78 is 6.53. The molecule has 0 saturated heterocycles. The van der Waals surface area contributed by atoms with Gasteiger partial charge in [-0.15, -0.1) is 0 Å². The second-order valence-electron chi connectivity index (χ2n) is 3.09. The quantitative estimate of drug-likeness (QED) is 0.785. The van der Waals surface area contributed by atoms with Crippen LogP contribution in [0.15, 0.2) is 40.9 Å². The largest absolute Gasteiger partial charge is 0.494 e. The van der Waals surface area contributed by atoms with Crippen molar-refractivity contribution in [2.24, 2.45) is 0 Å². The van der Waals surface area contributed by atoms with Crippen molar-refractivity contribution in [2.45, 2.75) is 6.92 Å². The molecule has 0 bridgehead atoms. The number of hydrogen-bond acceptors (Lipinski definition) is 1. The Balaban J connectivity index is 2.46. The second kappa shape index (κ2) is 4.01. The number of hydrogen-bond donors (Lipinski definition) is 0. The van der Waals surface area contributed by atoms with Crippen molar-refractivity contribution in [3.05, 3.63) is 40.9 Å². The van der Waals surface area contributed by atoms with Gasteiger partial charge in [0.05, 0.1) is 6.61 Å². The van der Waals surface area contributed by atoms with Gasteiger partial charge in [-0.25, -0.2) is 0 Å². The van der Waals surface area contributed by atoms with Crippen molar-refractivity contribution in [2.75, 3.05) is 6.61 Å². The summed E-state index contributed by atoms with van der Waals surface area (Å²) in [6.45, 7) is 2.71. The van der Waals surface area contributed by atoms with Gasteiger partial charge in [0.1, 0.15) is 5.75 Å². The third-order valence-electron chi connectivity index (χ3n) is 2.08. The van der Waals surface area contributed by atoms with Crippen LogP contribution in [0.25, 0.3) is 11.1 Å². The SMILES string of the molecule is CCOc1cc2ccc(Br)ccc-2c1. The summed E-state index contributed by atoms with van der Waals surface area (Å²) >= 11 is 3.44. The average molecular weight is 251 g/mol. The van der Waals surface area contributed by atoms with Crippen molar-refractivity contribution in [1.82, 2.24) is 0 Å². The van der Waals surface area contributed by atoms with E-state index in [0.29, 0.717) is 6.61 Å². The van der Waals surface area contributed by atoms with Gasteiger partial charge in [0, 0.05) is 4.47 Å². The van der Waals surface area contributed by atoms with E-state index in [1.165, 1.54) is 11.1 Å². The number of halogens is 1. The topological polar surface area (TPSA) is 9.23 Å². The summed E-state index contributed by atoms with van der Waals surface area (Å²) in [7, 11) is 0. The molecule has 0 aromatic rings. The van der Waals surface area contributed by atoms with Gasteiger partial charge in [-0.1, -0.05) is 28.1 Å². The molecule has 0 atom stereocenters. The first-order valence-electron chi connectivity index (χ1n) is 4.61. The van der Waals surface area contributed by atoms with E-state index in [2.05, 4.69) is 40.2 Å². The van der Waals surface area contributed by atoms with Crippen LogP contribution in [0.5, 0.6) is 5.75 Å². The molecule has 72 valence electrons. The summed E-state index contributed by atoms with van der Waals surface area (Å²) in [4.78, 5) is 0. The molecule has 0 aromatic heterocycles. The molecule has 1 nitrogen and oxygen atoms in total. The van der Waals surface area contributed by atoms with Crippen LogP contribution in [0.4, 0.5) is 0 Å². The fourth-order valence-corrected chi connectivity index (χ4v) is 1.71. The standard InChI is InChI=1S/C12H11BrO/c1-2-14-12-7-9-3-5-11(13)6-4-10(9)8-12/h3-8H,2H2,1H3. The number of fused-ring (bicyclic) bond motifs is 1. The van der Waals surface area contributed by atoms with E-state index >= 15 is 0 Å². The average Bonchev–Trinajstić information content (AvgIpc) is 2.47. The van der Waals surface area contributed by atoms with E-state index in [-0.39, 0.29) is 0 Å². The lowest BCUT2D eigenvalue weighted by atomic mass is 10.2. The Hall–Kier alpha value is -1.02. The van der Waals surface area contributed by atoms with Gasteiger partial charge >= 0.3 is 0 Å². The van der Waals surface area contributed by atoms with Gasteiger partial charge in [0.25, 0.3) is 0 Å². The summed E-state index contributed by atoms with van der Waals surface area (Å²) in [5, 5.41) is 0. The van der Waals surface area contributed by atoms with Crippen LogP contribution in [-0.4, -0.2) is 6.61 Å². The molecule has 2 aliphatic carbocycles. The molecule has 0 fully saturated rings. The highest BCUT2D eigenvalue weighted by molar-refractivity contribution is 9.10. The molecule has 0 aromatic carbocycles. The zero-order valence-corrected chi connectivity index (χ0v) is 9.54. The van der Waals surface area contributed by atoms with Gasteiger partial charge in [-0.2, -0.15) is 0 Å². The minimum absolute atomic E-state index is 0.714. The van der Waals surface area contributed by atoms with Crippen molar-refractivity contribution in [3.8, 4) is 16.9 Å². The Kier molecular flexibility index (Phi) is 2.73. The predicted molar refractivity (Wildman–Crippen MR) is 61.9 cm³/mol. The molecule has 14 heavy (non-hydrogen) atoms. The van der Waals surface area contributed by atoms with E-state index in [9.17, 15) is 0 Å². The smallest absolute Gasteiger partial charge is 0.120 e. The highest BCUT2D eigenvalue weighted by Crippen LogP contribution is 2.30. The van der Waals surface area contributed by atoms with Gasteiger partial charge < -0.3 is 4.74 Å². The van der Waals surface area contributed by atoms with E-state index in [1.807, 2.05) is 19.1 Å². The van der Waals surface area contributed by atoms with Crippen LogP contribution < -0.4 is 4.74 Å². The molecular weight excluding hydrogens is 240 g/mol. The predicted octanol–water partition coefficient (Wildman–Crippen LogP) is 3.95. The molecule has 2 heteroatoms. The van der Waals surface area contributed by atoms with Crippen LogP contribution in [0.2, 0.25) is 0 Å². The van der Waals surface area contributed by atoms with Crippen LogP contribution in [0, 0.1) is 0 Å². The highest BCUT2D eigenvalue weighted by Gasteiger charge is 2.04. The minimum atomic E-state index is 0.714. The normalized spacial score (nSPS) is 10.4. The zero-order valence-electron chi connectivity index (χ0n) is 7.96. The number of ether oxygens (including phenoxy) is 1. The first kappa shape index (κ1) is 9.53. The fourth-order valence-electron chi connectivity index (χ4n) is 1.45. The maximum atomic E-state index is 5.44. The summed E-state index contributed by atoms with van der Waals surface area (Å²) in [5.41, 5.74) is 2.42. The Morgan fingerprint density at radius 2 is 1.64 bits per heavy atom. The molecular formula is C12H11BrO. The molecule has 0 spiro atoms. The number of rotatable bonds is 2. The Bertz CT molecular complexity index is 378. The summed E-state index contributed by atoms with van der Waals surface area (Å²) in [6, 6.07) is 12.4. The Morgan fingerprint density at radius 1 is 1.07 bits per heavy atom. The second-order valence-corrected chi connectivity index (χ2v) is 4.00. The van der Waals surface area contributed by atoms with Crippen molar-refractivity contribution < 1.29 is 4.74 Å². The molecule has 0 unspecified atom stereocenters. The maximum Gasteiger partial charge on any atom is 0.120 e. The summed E-state index contributed by atoms with van der Waals surface area (Å²) in [5.74, 6) is 0.949. The van der Waals surface area contributed by atoms with Crippen LogP contribution in [0.3, 0.4) is 0 Å². The third kappa shape index (κ3) is 1.90. The zero-order chi connectivity index (χ0) is 9.97. The monoisotopic (exact) mass is 250 g/mol. The molecule has 0 saturated carbocycles. The van der Waals surface area contributed by atoms with Crippen molar-refractivity contribution >= 4 is 15.9 Å². The minimum Gasteiger partial charge on any atom is -0.494 e. The lowest BCUT2D eigenvalue weighted by Gasteiger charge is -1.95. The van der Waals surface area contributed by atoms with Gasteiger partial charge in [0.15, 0.2) is 0 Å². The molecule has 0 N–H and O–H groups in total. The lowest BCUT2D eigenvalue weighted by molar-refractivity contribution is 0.341.